The van der Waals surface area contributed by atoms with Crippen molar-refractivity contribution >= 4 is 21.4 Å². The molecule has 0 amide bonds. The third-order valence-electron chi connectivity index (χ3n) is 1.95. The van der Waals surface area contributed by atoms with Gasteiger partial charge in [0.2, 0.25) is 10.0 Å². The van der Waals surface area contributed by atoms with Gasteiger partial charge in [-0.15, -0.1) is 11.3 Å². The van der Waals surface area contributed by atoms with Crippen molar-refractivity contribution in [2.24, 2.45) is 0 Å². The van der Waals surface area contributed by atoms with Crippen molar-refractivity contribution in [2.75, 3.05) is 7.05 Å². The Bertz CT molecular complexity index is 419. The van der Waals surface area contributed by atoms with E-state index < -0.39 is 10.0 Å². The number of nitrogens with zero attached hydrogens (tertiary/aromatic N) is 1. The second-order valence-electron chi connectivity index (χ2n) is 2.91. The highest BCUT2D eigenvalue weighted by molar-refractivity contribution is 7.89. The fraction of sp³-hybridized carbons (Fsp3) is 0.429. The van der Waals surface area contributed by atoms with E-state index in [4.69, 9.17) is 0 Å². The van der Waals surface area contributed by atoms with Gasteiger partial charge in [-0.25, -0.2) is 8.42 Å². The van der Waals surface area contributed by atoms with Gasteiger partial charge in [-0.2, -0.15) is 4.31 Å². The molecule has 5 heteroatoms. The Kier molecular flexibility index (Phi) is 1.58. The van der Waals surface area contributed by atoms with Gasteiger partial charge in [-0.1, -0.05) is 0 Å². The molecule has 1 aliphatic rings. The van der Waals surface area contributed by atoms with Crippen molar-refractivity contribution in [2.45, 2.75) is 18.4 Å². The van der Waals surface area contributed by atoms with Crippen LogP contribution in [0.2, 0.25) is 0 Å². The number of fused-ring (bicyclic) bond motifs is 1. The van der Waals surface area contributed by atoms with E-state index in [0.717, 1.165) is 9.75 Å². The van der Waals surface area contributed by atoms with Crippen LogP contribution in [0.5, 0.6) is 0 Å². The summed E-state index contributed by atoms with van der Waals surface area (Å²) in [5.41, 5.74) is 0. The first kappa shape index (κ1) is 8.22. The highest BCUT2D eigenvalue weighted by atomic mass is 32.2. The third-order valence-corrected chi connectivity index (χ3v) is 4.98. The summed E-state index contributed by atoms with van der Waals surface area (Å²) >= 11 is 1.56. The van der Waals surface area contributed by atoms with Gasteiger partial charge in [-0.05, 0) is 13.0 Å². The van der Waals surface area contributed by atoms with E-state index in [-0.39, 0.29) is 0 Å². The van der Waals surface area contributed by atoms with Crippen molar-refractivity contribution in [3.05, 3.63) is 15.8 Å². The third kappa shape index (κ3) is 0.935. The molecule has 2 heterocycles. The predicted octanol–water partition coefficient (Wildman–Crippen LogP) is 1.19. The van der Waals surface area contributed by atoms with Crippen molar-refractivity contribution in [3.63, 3.8) is 0 Å². The molecule has 3 nitrogen and oxygen atoms in total. The second-order valence-corrected chi connectivity index (χ2v) is 6.26. The Morgan fingerprint density at radius 3 is 2.83 bits per heavy atom. The van der Waals surface area contributed by atoms with Gasteiger partial charge in [-0.3, -0.25) is 0 Å². The van der Waals surface area contributed by atoms with Crippen LogP contribution < -0.4 is 0 Å². The maximum absolute atomic E-state index is 11.5. The summed E-state index contributed by atoms with van der Waals surface area (Å²) in [6.45, 7) is 2.47. The summed E-state index contributed by atoms with van der Waals surface area (Å²) in [6.07, 6.45) is 0. The van der Waals surface area contributed by atoms with Crippen LogP contribution in [0, 0.1) is 6.92 Å². The maximum atomic E-state index is 11.5. The average molecular weight is 203 g/mol. The molecule has 0 saturated carbocycles. The quantitative estimate of drug-likeness (QED) is 0.635. The molecule has 0 radical (unpaired) electrons. The Balaban J connectivity index is 2.69. The van der Waals surface area contributed by atoms with E-state index in [1.807, 2.05) is 6.92 Å². The largest absolute Gasteiger partial charge is 0.244 e. The van der Waals surface area contributed by atoms with Crippen LogP contribution >= 0.6 is 11.3 Å². The number of hydrogen-bond acceptors (Lipinski definition) is 3. The molecule has 0 spiro atoms. The second kappa shape index (κ2) is 2.31. The first-order valence-corrected chi connectivity index (χ1v) is 5.83. The van der Waals surface area contributed by atoms with E-state index >= 15 is 0 Å². The van der Waals surface area contributed by atoms with Crippen LogP contribution in [-0.4, -0.2) is 19.8 Å². The molecule has 0 bridgehead atoms. The van der Waals surface area contributed by atoms with Crippen LogP contribution in [0.1, 0.15) is 9.75 Å². The molecule has 0 unspecified atom stereocenters. The predicted molar refractivity (Wildman–Crippen MR) is 47.7 cm³/mol. The van der Waals surface area contributed by atoms with Gasteiger partial charge in [0.15, 0.2) is 0 Å². The highest BCUT2D eigenvalue weighted by Gasteiger charge is 2.33. The molecule has 0 aliphatic carbocycles. The Labute approximate surface area is 75.7 Å². The molecule has 2 rings (SSSR count). The van der Waals surface area contributed by atoms with Gasteiger partial charge in [0.1, 0.15) is 0 Å². The lowest BCUT2D eigenvalue weighted by Gasteiger charge is -2.05. The zero-order chi connectivity index (χ0) is 8.93. The van der Waals surface area contributed by atoms with Crippen molar-refractivity contribution in [1.82, 2.24) is 4.31 Å². The summed E-state index contributed by atoms with van der Waals surface area (Å²) in [5, 5.41) is 0. The van der Waals surface area contributed by atoms with Crippen LogP contribution in [0.4, 0.5) is 0 Å². The standard InChI is InChI=1S/C7H9NO2S2/c1-5-3-7-6(11-5)4-8(2)12(7,9)10/h3H,4H2,1-2H3. The van der Waals surface area contributed by atoms with E-state index in [1.54, 1.807) is 24.5 Å². The van der Waals surface area contributed by atoms with Crippen LogP contribution in [0.25, 0.3) is 0 Å². The minimum Gasteiger partial charge on any atom is -0.207 e. The van der Waals surface area contributed by atoms with Crippen molar-refractivity contribution in [1.29, 1.82) is 0 Å². The maximum Gasteiger partial charge on any atom is 0.244 e. The molecule has 1 aromatic heterocycles. The van der Waals surface area contributed by atoms with Crippen LogP contribution in [0.3, 0.4) is 0 Å². The van der Waals surface area contributed by atoms with Crippen LogP contribution in [-0.2, 0) is 16.6 Å². The molecule has 0 aromatic carbocycles. The highest BCUT2D eigenvalue weighted by Crippen LogP contribution is 2.34. The number of rotatable bonds is 0. The van der Waals surface area contributed by atoms with Crippen LogP contribution in [0.15, 0.2) is 11.0 Å². The summed E-state index contributed by atoms with van der Waals surface area (Å²) < 4.78 is 24.4. The smallest absolute Gasteiger partial charge is 0.207 e. The zero-order valence-corrected chi connectivity index (χ0v) is 8.50. The first-order chi connectivity index (χ1) is 5.51. The minimum atomic E-state index is -3.12. The summed E-state index contributed by atoms with van der Waals surface area (Å²) in [4.78, 5) is 2.54. The molecule has 12 heavy (non-hydrogen) atoms. The normalized spacial score (nSPS) is 21.2. The Morgan fingerprint density at radius 1 is 1.58 bits per heavy atom. The topological polar surface area (TPSA) is 37.4 Å². The monoisotopic (exact) mass is 203 g/mol. The zero-order valence-electron chi connectivity index (χ0n) is 6.86. The van der Waals surface area contributed by atoms with Gasteiger partial charge >= 0.3 is 0 Å². The first-order valence-electron chi connectivity index (χ1n) is 3.57. The van der Waals surface area contributed by atoms with E-state index in [0.29, 0.717) is 11.4 Å². The van der Waals surface area contributed by atoms with Gasteiger partial charge in [0.25, 0.3) is 0 Å². The molecule has 0 saturated heterocycles. The summed E-state index contributed by atoms with van der Waals surface area (Å²) in [6, 6.07) is 1.75. The fourth-order valence-electron chi connectivity index (χ4n) is 1.32. The number of thiophene rings is 1. The van der Waals surface area contributed by atoms with Gasteiger partial charge in [0, 0.05) is 23.3 Å². The minimum absolute atomic E-state index is 0.507. The lowest BCUT2D eigenvalue weighted by Crippen LogP contribution is -2.18. The molecule has 1 aliphatic heterocycles. The summed E-state index contributed by atoms with van der Waals surface area (Å²) in [7, 11) is -1.51. The molecule has 0 N–H and O–H groups in total. The van der Waals surface area contributed by atoms with E-state index in [1.165, 1.54) is 4.31 Å². The number of aryl methyl sites for hydroxylation is 1. The lowest BCUT2D eigenvalue weighted by molar-refractivity contribution is 0.490. The fourth-order valence-corrected chi connectivity index (χ4v) is 4.22. The molecule has 1 aromatic rings. The molecule has 66 valence electrons. The van der Waals surface area contributed by atoms with E-state index in [9.17, 15) is 8.42 Å². The van der Waals surface area contributed by atoms with Crippen molar-refractivity contribution in [3.8, 4) is 0 Å². The summed E-state index contributed by atoms with van der Waals surface area (Å²) in [5.74, 6) is 0. The molecular formula is C7H9NO2S2. The number of sulfonamides is 1. The average Bonchev–Trinajstić information content (AvgIpc) is 2.38. The lowest BCUT2D eigenvalue weighted by atomic mass is 10.4. The van der Waals surface area contributed by atoms with Crippen molar-refractivity contribution < 1.29 is 8.42 Å². The Hall–Kier alpha value is -0.390. The van der Waals surface area contributed by atoms with Gasteiger partial charge in [0.05, 0.1) is 4.90 Å². The number of hydrogen-bond donors (Lipinski definition) is 0. The Morgan fingerprint density at radius 2 is 2.25 bits per heavy atom. The molecular weight excluding hydrogens is 194 g/mol. The molecule has 0 fully saturated rings. The SMILES string of the molecule is Cc1cc2c(s1)CN(C)S2(=O)=O. The molecule has 0 atom stereocenters. The van der Waals surface area contributed by atoms with Gasteiger partial charge < -0.3 is 0 Å². The van der Waals surface area contributed by atoms with E-state index in [2.05, 4.69) is 0 Å².